The molecule has 0 aliphatic carbocycles. The molecule has 0 aliphatic heterocycles. The van der Waals surface area contributed by atoms with Crippen molar-refractivity contribution < 1.29 is 0 Å². The first-order chi connectivity index (χ1) is 10.1. The third-order valence-electron chi connectivity index (χ3n) is 3.97. The van der Waals surface area contributed by atoms with Crippen LogP contribution in [0, 0.1) is 20.8 Å². The van der Waals surface area contributed by atoms with Crippen molar-refractivity contribution in [3.63, 3.8) is 0 Å². The first kappa shape index (κ1) is 14.1. The summed E-state index contributed by atoms with van der Waals surface area (Å²) in [6.45, 7) is 10.5. The van der Waals surface area contributed by atoms with Gasteiger partial charge in [-0.15, -0.1) is 11.3 Å². The predicted molar refractivity (Wildman–Crippen MR) is 91.3 cm³/mol. The highest BCUT2D eigenvalue weighted by molar-refractivity contribution is 7.18. The van der Waals surface area contributed by atoms with Crippen molar-refractivity contribution in [2.75, 3.05) is 5.32 Å². The third kappa shape index (κ3) is 2.68. The van der Waals surface area contributed by atoms with E-state index in [0.717, 1.165) is 29.3 Å². The SMILES string of the molecule is CCn1c(C)cc(CNc2ccc3nc(C)sc3c2)c1C. The van der Waals surface area contributed by atoms with E-state index < -0.39 is 0 Å². The highest BCUT2D eigenvalue weighted by atomic mass is 32.1. The molecule has 0 aliphatic rings. The van der Waals surface area contributed by atoms with Crippen LogP contribution < -0.4 is 5.32 Å². The summed E-state index contributed by atoms with van der Waals surface area (Å²) in [5.74, 6) is 0. The molecule has 0 saturated carbocycles. The van der Waals surface area contributed by atoms with E-state index in [1.807, 2.05) is 0 Å². The molecule has 3 aromatic rings. The number of rotatable bonds is 4. The smallest absolute Gasteiger partial charge is 0.0907 e. The van der Waals surface area contributed by atoms with Crippen molar-refractivity contribution in [1.82, 2.24) is 9.55 Å². The van der Waals surface area contributed by atoms with Gasteiger partial charge < -0.3 is 9.88 Å². The maximum absolute atomic E-state index is 4.50. The lowest BCUT2D eigenvalue weighted by Gasteiger charge is -2.08. The van der Waals surface area contributed by atoms with Crippen LogP contribution in [0.5, 0.6) is 0 Å². The molecule has 0 atom stereocenters. The van der Waals surface area contributed by atoms with E-state index in [0.29, 0.717) is 0 Å². The summed E-state index contributed by atoms with van der Waals surface area (Å²) < 4.78 is 3.60. The van der Waals surface area contributed by atoms with Gasteiger partial charge in [0.05, 0.1) is 15.2 Å². The van der Waals surface area contributed by atoms with E-state index >= 15 is 0 Å². The fourth-order valence-corrected chi connectivity index (χ4v) is 3.75. The number of aryl methyl sites for hydroxylation is 2. The Balaban J connectivity index is 1.79. The van der Waals surface area contributed by atoms with Crippen LogP contribution in [0.3, 0.4) is 0 Å². The zero-order chi connectivity index (χ0) is 15.0. The fourth-order valence-electron chi connectivity index (χ4n) is 2.88. The molecule has 3 rings (SSSR count). The third-order valence-corrected chi connectivity index (χ3v) is 4.91. The van der Waals surface area contributed by atoms with Gasteiger partial charge in [-0.2, -0.15) is 0 Å². The van der Waals surface area contributed by atoms with Crippen LogP contribution in [-0.4, -0.2) is 9.55 Å². The van der Waals surface area contributed by atoms with Crippen molar-refractivity contribution in [3.8, 4) is 0 Å². The minimum atomic E-state index is 0.864. The van der Waals surface area contributed by atoms with Gasteiger partial charge in [0.15, 0.2) is 0 Å². The molecule has 2 aromatic heterocycles. The molecule has 1 N–H and O–H groups in total. The largest absolute Gasteiger partial charge is 0.381 e. The summed E-state index contributed by atoms with van der Waals surface area (Å²) in [7, 11) is 0. The summed E-state index contributed by atoms with van der Waals surface area (Å²) in [6, 6.07) is 8.68. The van der Waals surface area contributed by atoms with Crippen LogP contribution in [0.15, 0.2) is 24.3 Å². The Kier molecular flexibility index (Phi) is 3.72. The number of hydrogen-bond acceptors (Lipinski definition) is 3. The van der Waals surface area contributed by atoms with E-state index in [2.05, 4.69) is 66.8 Å². The first-order valence-electron chi connectivity index (χ1n) is 7.35. The van der Waals surface area contributed by atoms with Gasteiger partial charge in [0, 0.05) is 30.2 Å². The number of hydrogen-bond donors (Lipinski definition) is 1. The number of nitrogens with zero attached hydrogens (tertiary/aromatic N) is 2. The van der Waals surface area contributed by atoms with Crippen molar-refractivity contribution in [1.29, 1.82) is 0 Å². The van der Waals surface area contributed by atoms with Gasteiger partial charge in [0.2, 0.25) is 0 Å². The fraction of sp³-hybridized carbons (Fsp3) is 0.353. The molecular weight excluding hydrogens is 278 g/mol. The summed E-state index contributed by atoms with van der Waals surface area (Å²) in [4.78, 5) is 4.50. The van der Waals surface area contributed by atoms with Crippen LogP contribution in [-0.2, 0) is 13.1 Å². The van der Waals surface area contributed by atoms with Crippen molar-refractivity contribution >= 4 is 27.2 Å². The van der Waals surface area contributed by atoms with Gasteiger partial charge in [-0.3, -0.25) is 0 Å². The second kappa shape index (κ2) is 5.53. The van der Waals surface area contributed by atoms with Gasteiger partial charge >= 0.3 is 0 Å². The molecule has 0 spiro atoms. The molecule has 1 aromatic carbocycles. The van der Waals surface area contributed by atoms with Gasteiger partial charge in [-0.25, -0.2) is 4.98 Å². The monoisotopic (exact) mass is 299 g/mol. The van der Waals surface area contributed by atoms with E-state index in [1.165, 1.54) is 21.7 Å². The van der Waals surface area contributed by atoms with Crippen LogP contribution in [0.2, 0.25) is 0 Å². The average Bonchev–Trinajstić information content (AvgIpc) is 2.95. The number of nitrogens with one attached hydrogen (secondary N) is 1. The Hall–Kier alpha value is -1.81. The Morgan fingerprint density at radius 2 is 2.00 bits per heavy atom. The highest BCUT2D eigenvalue weighted by Gasteiger charge is 2.08. The molecule has 21 heavy (non-hydrogen) atoms. The number of benzene rings is 1. The minimum absolute atomic E-state index is 0.864. The number of anilines is 1. The Labute approximate surface area is 129 Å². The lowest BCUT2D eigenvalue weighted by molar-refractivity contribution is 0.715. The van der Waals surface area contributed by atoms with Crippen molar-refractivity contribution in [2.24, 2.45) is 0 Å². The summed E-state index contributed by atoms with van der Waals surface area (Å²) in [5, 5.41) is 4.65. The van der Waals surface area contributed by atoms with Gasteiger partial charge in [0.1, 0.15) is 0 Å². The molecule has 110 valence electrons. The Morgan fingerprint density at radius 3 is 2.71 bits per heavy atom. The number of thiazole rings is 1. The first-order valence-corrected chi connectivity index (χ1v) is 8.16. The Morgan fingerprint density at radius 1 is 1.19 bits per heavy atom. The van der Waals surface area contributed by atoms with E-state index in [4.69, 9.17) is 0 Å². The molecule has 4 heteroatoms. The zero-order valence-electron chi connectivity index (χ0n) is 13.0. The van der Waals surface area contributed by atoms with Crippen molar-refractivity contribution in [2.45, 2.75) is 40.8 Å². The zero-order valence-corrected chi connectivity index (χ0v) is 13.8. The second-order valence-corrected chi connectivity index (χ2v) is 6.64. The molecule has 0 unspecified atom stereocenters. The quantitative estimate of drug-likeness (QED) is 0.759. The van der Waals surface area contributed by atoms with Crippen molar-refractivity contribution in [3.05, 3.63) is 46.2 Å². The van der Waals surface area contributed by atoms with E-state index in [-0.39, 0.29) is 0 Å². The average molecular weight is 299 g/mol. The molecule has 3 nitrogen and oxygen atoms in total. The highest BCUT2D eigenvalue weighted by Crippen LogP contribution is 2.25. The van der Waals surface area contributed by atoms with Gasteiger partial charge in [-0.1, -0.05) is 0 Å². The Bertz CT molecular complexity index is 783. The van der Waals surface area contributed by atoms with E-state index in [1.54, 1.807) is 11.3 Å². The second-order valence-electron chi connectivity index (χ2n) is 5.41. The molecule has 0 radical (unpaired) electrons. The van der Waals surface area contributed by atoms with Crippen LogP contribution in [0.1, 0.15) is 28.9 Å². The lowest BCUT2D eigenvalue weighted by Crippen LogP contribution is -2.03. The lowest BCUT2D eigenvalue weighted by atomic mass is 10.2. The topological polar surface area (TPSA) is 29.9 Å². The number of aromatic nitrogens is 2. The van der Waals surface area contributed by atoms with Crippen LogP contribution in [0.25, 0.3) is 10.2 Å². The summed E-state index contributed by atoms with van der Waals surface area (Å²) in [5.41, 5.74) is 6.31. The summed E-state index contributed by atoms with van der Waals surface area (Å²) in [6.07, 6.45) is 0. The molecule has 2 heterocycles. The molecular formula is C17H21N3S. The van der Waals surface area contributed by atoms with E-state index in [9.17, 15) is 0 Å². The maximum Gasteiger partial charge on any atom is 0.0907 e. The molecule has 0 amide bonds. The standard InChI is InChI=1S/C17H21N3S/c1-5-20-11(2)8-14(12(20)3)10-18-15-6-7-16-17(9-15)21-13(4)19-16/h6-9,18H,5,10H2,1-4H3. The van der Waals surface area contributed by atoms with Gasteiger partial charge in [0.25, 0.3) is 0 Å². The van der Waals surface area contributed by atoms with Crippen LogP contribution >= 0.6 is 11.3 Å². The molecule has 0 saturated heterocycles. The minimum Gasteiger partial charge on any atom is -0.381 e. The van der Waals surface area contributed by atoms with Crippen LogP contribution in [0.4, 0.5) is 5.69 Å². The van der Waals surface area contributed by atoms with Gasteiger partial charge in [-0.05, 0) is 57.5 Å². The number of fused-ring (bicyclic) bond motifs is 1. The predicted octanol–water partition coefficient (Wildman–Crippen LogP) is 4.66. The molecule has 0 fully saturated rings. The summed E-state index contributed by atoms with van der Waals surface area (Å²) >= 11 is 1.75. The molecule has 0 bridgehead atoms. The normalized spacial score (nSPS) is 11.2. The maximum atomic E-state index is 4.50.